The molecule has 0 unspecified atom stereocenters. The minimum Gasteiger partial charge on any atom is -0.310 e. The Morgan fingerprint density at radius 2 is 0.564 bits per heavy atom. The summed E-state index contributed by atoms with van der Waals surface area (Å²) in [5, 5.41) is 9.83. The first-order chi connectivity index (χ1) is 49.7. The van der Waals surface area contributed by atoms with Crippen LogP contribution in [0.4, 0.5) is 34.1 Å². The number of para-hydroxylation sites is 4. The van der Waals surface area contributed by atoms with Crippen LogP contribution in [0.15, 0.2) is 373 Å². The lowest BCUT2D eigenvalue weighted by Crippen LogP contribution is -2.15. The fourth-order valence-electron chi connectivity index (χ4n) is 15.7. The molecule has 16 aromatic carbocycles. The largest absolute Gasteiger partial charge is 0.310 e. The summed E-state index contributed by atoms with van der Waals surface area (Å²) in [4.78, 5) is 4.79. The fraction of sp³-hybridized carbons (Fsp3) is 0.0316. The molecule has 1 aliphatic rings. The Hall–Kier alpha value is -11.8. The summed E-state index contributed by atoms with van der Waals surface area (Å²) >= 11 is 7.51. The van der Waals surface area contributed by atoms with Crippen LogP contribution >= 0.6 is 31.9 Å². The third-order valence-corrected chi connectivity index (χ3v) is 21.9. The number of nitrogens with zero attached hydrogens (tertiary/aromatic N) is 4. The van der Waals surface area contributed by atoms with E-state index in [0.717, 1.165) is 54.4 Å². The second kappa shape index (κ2) is 25.5. The molecule has 0 spiro atoms. The predicted octanol–water partition coefficient (Wildman–Crippen LogP) is 27.6. The van der Waals surface area contributed by atoms with E-state index in [-0.39, 0.29) is 5.41 Å². The quantitative estimate of drug-likeness (QED) is 0.128. The maximum absolute atomic E-state index is 3.76. The first-order valence-corrected chi connectivity index (χ1v) is 36.0. The van der Waals surface area contributed by atoms with Gasteiger partial charge in [-0.3, -0.25) is 0 Å². The molecule has 0 N–H and O–H groups in total. The fourth-order valence-corrected chi connectivity index (χ4v) is 16.6. The van der Waals surface area contributed by atoms with E-state index in [0.29, 0.717) is 0 Å². The number of benzene rings is 16. The molecule has 0 amide bonds. The van der Waals surface area contributed by atoms with Crippen molar-refractivity contribution in [3.05, 3.63) is 384 Å². The van der Waals surface area contributed by atoms with Crippen LogP contribution < -0.4 is 9.80 Å². The monoisotopic (exact) mass is 1420 g/mol. The average molecular weight is 1420 g/mol. The molecule has 1 aliphatic carbocycles. The highest BCUT2D eigenvalue weighted by Gasteiger charge is 2.36. The molecule has 0 bridgehead atoms. The van der Waals surface area contributed by atoms with E-state index >= 15 is 0 Å². The maximum Gasteiger partial charge on any atom is 0.0542 e. The highest BCUT2D eigenvalue weighted by atomic mass is 79.9. The van der Waals surface area contributed by atoms with Crippen molar-refractivity contribution in [2.24, 2.45) is 0 Å². The van der Waals surface area contributed by atoms with Crippen LogP contribution in [0.25, 0.3) is 121 Å². The van der Waals surface area contributed by atoms with Crippen molar-refractivity contribution in [1.29, 1.82) is 0 Å². The van der Waals surface area contributed by atoms with Gasteiger partial charge in [0.1, 0.15) is 0 Å². The van der Waals surface area contributed by atoms with E-state index in [1.807, 2.05) is 0 Å². The van der Waals surface area contributed by atoms with E-state index in [1.54, 1.807) is 0 Å². The second-order valence-corrected chi connectivity index (χ2v) is 28.3. The van der Waals surface area contributed by atoms with Gasteiger partial charge in [-0.2, -0.15) is 0 Å². The molecule has 4 nitrogen and oxygen atoms in total. The third-order valence-electron chi connectivity index (χ3n) is 20.5. The van der Waals surface area contributed by atoms with Crippen LogP contribution in [0, 0.1) is 0 Å². The topological polar surface area (TPSA) is 16.3 Å². The van der Waals surface area contributed by atoms with Crippen LogP contribution in [0.2, 0.25) is 0 Å². The zero-order valence-corrected chi connectivity index (χ0v) is 58.9. The predicted molar refractivity (Wildman–Crippen MR) is 435 cm³/mol. The van der Waals surface area contributed by atoms with Crippen LogP contribution in [-0.4, -0.2) is 9.13 Å². The first kappa shape index (κ1) is 61.5. The van der Waals surface area contributed by atoms with Crippen molar-refractivity contribution in [2.45, 2.75) is 19.3 Å². The second-order valence-electron chi connectivity index (χ2n) is 26.6. The van der Waals surface area contributed by atoms with Gasteiger partial charge in [-0.1, -0.05) is 276 Å². The van der Waals surface area contributed by atoms with E-state index in [4.69, 9.17) is 0 Å². The molecule has 2 aromatic heterocycles. The van der Waals surface area contributed by atoms with Gasteiger partial charge in [-0.05, 0) is 211 Å². The summed E-state index contributed by atoms with van der Waals surface area (Å²) in [7, 11) is 0. The summed E-state index contributed by atoms with van der Waals surface area (Å²) in [6.07, 6.45) is 0. The van der Waals surface area contributed by atoms with Gasteiger partial charge in [0, 0.05) is 81.4 Å². The van der Waals surface area contributed by atoms with Crippen molar-refractivity contribution >= 4 is 131 Å². The van der Waals surface area contributed by atoms with Crippen LogP contribution in [0.1, 0.15) is 25.0 Å². The Bertz CT molecular complexity index is 6180. The van der Waals surface area contributed by atoms with Crippen molar-refractivity contribution in [2.75, 3.05) is 9.80 Å². The van der Waals surface area contributed by atoms with Gasteiger partial charge >= 0.3 is 0 Å². The molecule has 0 radical (unpaired) electrons. The van der Waals surface area contributed by atoms with E-state index in [1.165, 1.54) is 121 Å². The molecular weight excluding hydrogens is 1360 g/mol. The molecule has 6 heteroatoms. The number of halogens is 2. The average Bonchev–Trinajstić information content (AvgIpc) is 1.60. The SMILES string of the molecule is Brc1ccc(-c2ccc(N(c3ccc(-c4ccccc4)cc3)c3ccc4c(c3)c3ccccc3n4-c3ccccc3)cc2)c2ccccc12.CC1(C)c2ccccc2-c2cc(N(c3ccc(-c4ccc(Br)c5ccccc45)cc3)c3ccc4c(c3)c3ccccc3n4-c3ccccc3)ccc21. The molecule has 0 fully saturated rings. The molecule has 0 saturated carbocycles. The Morgan fingerprint density at radius 3 is 1.05 bits per heavy atom. The Morgan fingerprint density at radius 1 is 0.228 bits per heavy atom. The number of hydrogen-bond donors (Lipinski definition) is 0. The standard InChI is InChI=1S/C49H35BrN2.C46H31BrN2/c1-49(2)44-18-10-8-15-39(44)42-30-35(24-27-45(42)49)51(34-22-20-32(21-23-34)37-26-28-46(50)40-16-7-6-14-38(37)40)36-25-29-48-43(31-36)41-17-9-11-19-47(41)52(48)33-12-4-3-5-13-33;47-44-29-28-39(40-15-7-8-16-41(40)44)34-21-25-37(26-22-34)48(36-23-19-33(20-24-36)32-11-3-1-4-12-32)38-27-30-46-43(31-38)42-17-9-10-18-45(42)49(46)35-13-5-2-6-14-35/h3-31H,1-2H3;1-31H. The Kier molecular flexibility index (Phi) is 15.5. The highest BCUT2D eigenvalue weighted by molar-refractivity contribution is 9.11. The molecule has 480 valence electrons. The summed E-state index contributed by atoms with van der Waals surface area (Å²) in [6.45, 7) is 4.69. The molecule has 19 rings (SSSR count). The Labute approximate surface area is 604 Å². The lowest BCUT2D eigenvalue weighted by molar-refractivity contribution is 0.660. The van der Waals surface area contributed by atoms with Crippen molar-refractivity contribution in [1.82, 2.24) is 9.13 Å². The van der Waals surface area contributed by atoms with Crippen molar-refractivity contribution < 1.29 is 0 Å². The van der Waals surface area contributed by atoms with E-state index in [2.05, 4.69) is 429 Å². The minimum atomic E-state index is -0.0530. The third kappa shape index (κ3) is 10.8. The first-order valence-electron chi connectivity index (χ1n) is 34.4. The highest BCUT2D eigenvalue weighted by Crippen LogP contribution is 2.52. The number of fused-ring (bicyclic) bond motifs is 11. The van der Waals surface area contributed by atoms with Gasteiger partial charge < -0.3 is 18.9 Å². The van der Waals surface area contributed by atoms with E-state index in [9.17, 15) is 0 Å². The molecule has 0 saturated heterocycles. The van der Waals surface area contributed by atoms with Gasteiger partial charge in [-0.15, -0.1) is 0 Å². The molecule has 2 heterocycles. The van der Waals surface area contributed by atoms with Crippen LogP contribution in [-0.2, 0) is 5.41 Å². The normalized spacial score (nSPS) is 12.2. The van der Waals surface area contributed by atoms with Gasteiger partial charge in [0.25, 0.3) is 0 Å². The summed E-state index contributed by atoms with van der Waals surface area (Å²) in [6, 6.07) is 132. The molecule has 18 aromatic rings. The molecule has 0 atom stereocenters. The van der Waals surface area contributed by atoms with E-state index < -0.39 is 0 Å². The number of hydrogen-bond acceptors (Lipinski definition) is 2. The lowest BCUT2D eigenvalue weighted by Gasteiger charge is -2.27. The van der Waals surface area contributed by atoms with Gasteiger partial charge in [-0.25, -0.2) is 0 Å². The zero-order valence-electron chi connectivity index (χ0n) is 55.7. The van der Waals surface area contributed by atoms with Crippen molar-refractivity contribution in [3.8, 4) is 55.9 Å². The van der Waals surface area contributed by atoms with Gasteiger partial charge in [0.05, 0.1) is 22.1 Å². The summed E-state index contributed by atoms with van der Waals surface area (Å²) in [5.74, 6) is 0. The summed E-state index contributed by atoms with van der Waals surface area (Å²) < 4.78 is 6.97. The smallest absolute Gasteiger partial charge is 0.0542 e. The number of rotatable bonds is 11. The molecule has 101 heavy (non-hydrogen) atoms. The van der Waals surface area contributed by atoms with Crippen molar-refractivity contribution in [3.63, 3.8) is 0 Å². The summed E-state index contributed by atoms with van der Waals surface area (Å²) in [5.41, 5.74) is 26.4. The Balaban J connectivity index is 0.000000145. The minimum absolute atomic E-state index is 0.0530. The zero-order chi connectivity index (χ0) is 67.7. The maximum atomic E-state index is 3.76. The van der Waals surface area contributed by atoms with Crippen LogP contribution in [0.5, 0.6) is 0 Å². The van der Waals surface area contributed by atoms with Gasteiger partial charge in [0.15, 0.2) is 0 Å². The molecular formula is C95H66Br2N4. The van der Waals surface area contributed by atoms with Gasteiger partial charge in [0.2, 0.25) is 0 Å². The van der Waals surface area contributed by atoms with Crippen LogP contribution in [0.3, 0.4) is 0 Å². The number of aromatic nitrogens is 2. The molecule has 0 aliphatic heterocycles. The number of anilines is 6. The lowest BCUT2D eigenvalue weighted by atomic mass is 9.82.